The molecule has 0 bridgehead atoms. The van der Waals surface area contributed by atoms with Crippen molar-refractivity contribution in [2.75, 3.05) is 13.2 Å². The van der Waals surface area contributed by atoms with Crippen LogP contribution in [0.3, 0.4) is 0 Å². The molecule has 5 aromatic rings. The van der Waals surface area contributed by atoms with E-state index >= 15 is 0 Å². The SMILES string of the molecule is CCCCOc1ccc(C=Cc2c3ccccc3c(C=Cc3ccc(OCCCC)cc3)c3ccccc23)cc1. The first kappa shape index (κ1) is 27.3. The van der Waals surface area contributed by atoms with Crippen molar-refractivity contribution in [3.05, 3.63) is 119 Å². The average molecular weight is 527 g/mol. The Labute approximate surface area is 238 Å². The summed E-state index contributed by atoms with van der Waals surface area (Å²) in [5.74, 6) is 1.85. The first-order chi connectivity index (χ1) is 19.8. The highest BCUT2D eigenvalue weighted by molar-refractivity contribution is 6.14. The van der Waals surface area contributed by atoms with E-state index in [-0.39, 0.29) is 0 Å². The summed E-state index contributed by atoms with van der Waals surface area (Å²) in [7, 11) is 0. The number of unbranched alkanes of at least 4 members (excludes halogenated alkanes) is 2. The van der Waals surface area contributed by atoms with Crippen molar-refractivity contribution >= 4 is 45.8 Å². The van der Waals surface area contributed by atoms with Gasteiger partial charge in [0.1, 0.15) is 11.5 Å². The molecule has 0 aliphatic heterocycles. The molecule has 0 aliphatic rings. The highest BCUT2D eigenvalue weighted by atomic mass is 16.5. The van der Waals surface area contributed by atoms with Crippen LogP contribution in [-0.2, 0) is 0 Å². The second-order valence-corrected chi connectivity index (χ2v) is 10.1. The van der Waals surface area contributed by atoms with Gasteiger partial charge in [-0.2, -0.15) is 0 Å². The lowest BCUT2D eigenvalue weighted by Gasteiger charge is -2.13. The first-order valence-corrected chi connectivity index (χ1v) is 14.5. The van der Waals surface area contributed by atoms with E-state index in [0.29, 0.717) is 0 Å². The molecular formula is C38H38O2. The molecule has 5 rings (SSSR count). The Morgan fingerprint density at radius 1 is 0.450 bits per heavy atom. The molecule has 2 nitrogen and oxygen atoms in total. The maximum atomic E-state index is 5.84. The molecule has 0 aliphatic carbocycles. The van der Waals surface area contributed by atoms with E-state index in [2.05, 4.69) is 135 Å². The van der Waals surface area contributed by atoms with Crippen molar-refractivity contribution in [2.45, 2.75) is 39.5 Å². The lowest BCUT2D eigenvalue weighted by Crippen LogP contribution is -1.95. The van der Waals surface area contributed by atoms with E-state index in [1.807, 2.05) is 0 Å². The van der Waals surface area contributed by atoms with Gasteiger partial charge in [-0.1, -0.05) is 124 Å². The molecule has 0 saturated heterocycles. The summed E-state index contributed by atoms with van der Waals surface area (Å²) in [6, 6.07) is 34.2. The van der Waals surface area contributed by atoms with Gasteiger partial charge in [0, 0.05) is 0 Å². The van der Waals surface area contributed by atoms with Crippen LogP contribution in [-0.4, -0.2) is 13.2 Å². The molecule has 0 fully saturated rings. The fourth-order valence-corrected chi connectivity index (χ4v) is 4.93. The molecule has 2 heteroatoms. The van der Waals surface area contributed by atoms with Gasteiger partial charge in [0.25, 0.3) is 0 Å². The first-order valence-electron chi connectivity index (χ1n) is 14.5. The number of hydrogen-bond acceptors (Lipinski definition) is 2. The highest BCUT2D eigenvalue weighted by Gasteiger charge is 2.10. The number of fused-ring (bicyclic) bond motifs is 2. The second kappa shape index (κ2) is 13.7. The van der Waals surface area contributed by atoms with Crippen LogP contribution in [0.4, 0.5) is 0 Å². The minimum absolute atomic E-state index is 0.767. The molecule has 0 spiro atoms. The van der Waals surface area contributed by atoms with E-state index in [0.717, 1.165) is 61.5 Å². The molecule has 0 radical (unpaired) electrons. The normalized spacial score (nSPS) is 11.7. The lowest BCUT2D eigenvalue weighted by atomic mass is 9.91. The third-order valence-corrected chi connectivity index (χ3v) is 7.19. The molecule has 202 valence electrons. The standard InChI is InChI=1S/C38H38O2/c1-3-5-27-39-31-21-15-29(16-22-31)19-25-37-33-11-7-9-13-35(33)38(36-14-10-8-12-34(36)37)26-20-30-17-23-32(24-18-30)40-28-6-4-2/h7-26H,3-6,27-28H2,1-2H3. The minimum Gasteiger partial charge on any atom is -0.494 e. The van der Waals surface area contributed by atoms with E-state index in [4.69, 9.17) is 9.47 Å². The van der Waals surface area contributed by atoms with Crippen molar-refractivity contribution in [3.63, 3.8) is 0 Å². The van der Waals surface area contributed by atoms with Crippen LogP contribution in [0.2, 0.25) is 0 Å². The quantitative estimate of drug-likeness (QED) is 0.0914. The van der Waals surface area contributed by atoms with Gasteiger partial charge in [0.05, 0.1) is 13.2 Å². The van der Waals surface area contributed by atoms with Crippen LogP contribution in [0.15, 0.2) is 97.1 Å². The molecule has 0 heterocycles. The summed E-state index contributed by atoms with van der Waals surface area (Å²) >= 11 is 0. The Morgan fingerprint density at radius 3 is 1.12 bits per heavy atom. The van der Waals surface area contributed by atoms with Crippen molar-refractivity contribution in [1.82, 2.24) is 0 Å². The van der Waals surface area contributed by atoms with Crippen molar-refractivity contribution in [3.8, 4) is 11.5 Å². The minimum atomic E-state index is 0.767. The van der Waals surface area contributed by atoms with Crippen molar-refractivity contribution < 1.29 is 9.47 Å². The van der Waals surface area contributed by atoms with Crippen LogP contribution in [0.5, 0.6) is 11.5 Å². The third-order valence-electron chi connectivity index (χ3n) is 7.19. The van der Waals surface area contributed by atoms with E-state index in [1.165, 1.54) is 32.7 Å². The maximum absolute atomic E-state index is 5.84. The van der Waals surface area contributed by atoms with Crippen LogP contribution in [0.1, 0.15) is 61.8 Å². The fraction of sp³-hybridized carbons (Fsp3) is 0.211. The molecule has 0 unspecified atom stereocenters. The van der Waals surface area contributed by atoms with Crippen molar-refractivity contribution in [1.29, 1.82) is 0 Å². The summed E-state index contributed by atoms with van der Waals surface area (Å²) in [5.41, 5.74) is 4.78. The van der Waals surface area contributed by atoms with E-state index < -0.39 is 0 Å². The number of rotatable bonds is 12. The van der Waals surface area contributed by atoms with Crippen LogP contribution < -0.4 is 9.47 Å². The van der Waals surface area contributed by atoms with Gasteiger partial charge < -0.3 is 9.47 Å². The van der Waals surface area contributed by atoms with E-state index in [1.54, 1.807) is 0 Å². The highest BCUT2D eigenvalue weighted by Crippen LogP contribution is 2.35. The molecular weight excluding hydrogens is 488 g/mol. The predicted molar refractivity (Wildman–Crippen MR) is 173 cm³/mol. The third kappa shape index (κ3) is 6.63. The van der Waals surface area contributed by atoms with Crippen molar-refractivity contribution in [2.24, 2.45) is 0 Å². The summed E-state index contributed by atoms with van der Waals surface area (Å²) in [6.45, 7) is 5.89. The smallest absolute Gasteiger partial charge is 0.119 e. The van der Waals surface area contributed by atoms with E-state index in [9.17, 15) is 0 Å². The Hall–Kier alpha value is -4.30. The largest absolute Gasteiger partial charge is 0.494 e. The monoisotopic (exact) mass is 526 g/mol. The number of hydrogen-bond donors (Lipinski definition) is 0. The zero-order valence-electron chi connectivity index (χ0n) is 23.6. The van der Waals surface area contributed by atoms with Crippen LogP contribution in [0.25, 0.3) is 45.8 Å². The van der Waals surface area contributed by atoms with Gasteiger partial charge >= 0.3 is 0 Å². The van der Waals surface area contributed by atoms with Gasteiger partial charge in [-0.25, -0.2) is 0 Å². The van der Waals surface area contributed by atoms with Gasteiger partial charge in [0.2, 0.25) is 0 Å². The Balaban J connectivity index is 1.47. The topological polar surface area (TPSA) is 18.5 Å². The zero-order chi connectivity index (χ0) is 27.6. The van der Waals surface area contributed by atoms with Crippen LogP contribution in [0, 0.1) is 0 Å². The zero-order valence-corrected chi connectivity index (χ0v) is 23.6. The maximum Gasteiger partial charge on any atom is 0.119 e. The van der Waals surface area contributed by atoms with Gasteiger partial charge in [0.15, 0.2) is 0 Å². The summed E-state index contributed by atoms with van der Waals surface area (Å²) in [4.78, 5) is 0. The Morgan fingerprint density at radius 2 is 0.800 bits per heavy atom. The van der Waals surface area contributed by atoms with Gasteiger partial charge in [-0.15, -0.1) is 0 Å². The number of benzene rings is 5. The Bertz CT molecular complexity index is 1410. The molecule has 0 amide bonds. The summed E-state index contributed by atoms with van der Waals surface area (Å²) < 4.78 is 11.7. The fourth-order valence-electron chi connectivity index (χ4n) is 4.93. The molecule has 0 atom stereocenters. The lowest BCUT2D eigenvalue weighted by molar-refractivity contribution is 0.309. The van der Waals surface area contributed by atoms with Crippen LogP contribution >= 0.6 is 0 Å². The molecule has 0 aromatic heterocycles. The molecule has 5 aromatic carbocycles. The average Bonchev–Trinajstić information content (AvgIpc) is 3.00. The molecule has 0 saturated carbocycles. The second-order valence-electron chi connectivity index (χ2n) is 10.1. The predicted octanol–water partition coefficient (Wildman–Crippen LogP) is 10.7. The van der Waals surface area contributed by atoms with Gasteiger partial charge in [-0.05, 0) is 80.9 Å². The van der Waals surface area contributed by atoms with Gasteiger partial charge in [-0.3, -0.25) is 0 Å². The molecule has 0 N–H and O–H groups in total. The molecule has 40 heavy (non-hydrogen) atoms. The number of ether oxygens (including phenoxy) is 2. The summed E-state index contributed by atoms with van der Waals surface area (Å²) in [6.07, 6.45) is 13.3. The Kier molecular flexibility index (Phi) is 9.32. The summed E-state index contributed by atoms with van der Waals surface area (Å²) in [5, 5.41) is 4.99.